The van der Waals surface area contributed by atoms with Crippen LogP contribution in [0.1, 0.15) is 39.2 Å². The van der Waals surface area contributed by atoms with Gasteiger partial charge in [-0.25, -0.2) is 0 Å². The standard InChI is InChI=1S/C21H31N3O2/c1-6-7-12-23(5)14-19-15-24(13-17(4)25)22-21(19)18-8-10-20(11-9-18)26-16(2)3/h8-11,15-16,25H,4,6-7,12-14H2,1-3,5H3. The lowest BCUT2D eigenvalue weighted by Crippen LogP contribution is -2.19. The van der Waals surface area contributed by atoms with E-state index in [2.05, 4.69) is 30.5 Å². The van der Waals surface area contributed by atoms with Crippen molar-refractivity contribution in [2.75, 3.05) is 13.6 Å². The molecule has 1 heterocycles. The highest BCUT2D eigenvalue weighted by molar-refractivity contribution is 5.63. The third-order valence-corrected chi connectivity index (χ3v) is 4.02. The Balaban J connectivity index is 2.26. The summed E-state index contributed by atoms with van der Waals surface area (Å²) in [4.78, 5) is 2.30. The lowest BCUT2D eigenvalue weighted by molar-refractivity contribution is 0.242. The molecule has 5 heteroatoms. The lowest BCUT2D eigenvalue weighted by Gasteiger charge is -2.16. The minimum absolute atomic E-state index is 0.102. The maximum atomic E-state index is 9.51. The maximum absolute atomic E-state index is 9.51. The molecule has 0 atom stereocenters. The minimum atomic E-state index is 0.102. The van der Waals surface area contributed by atoms with E-state index in [4.69, 9.17) is 4.74 Å². The molecule has 0 aliphatic rings. The monoisotopic (exact) mass is 357 g/mol. The SMILES string of the molecule is C=C(O)Cn1cc(CN(C)CCCC)c(-c2ccc(OC(C)C)cc2)n1. The van der Waals surface area contributed by atoms with Crippen molar-refractivity contribution in [3.05, 3.63) is 48.4 Å². The second-order valence-corrected chi connectivity index (χ2v) is 7.05. The van der Waals surface area contributed by atoms with Crippen molar-refractivity contribution in [3.8, 4) is 17.0 Å². The number of allylic oxidation sites excluding steroid dienone is 1. The van der Waals surface area contributed by atoms with Crippen molar-refractivity contribution < 1.29 is 9.84 Å². The van der Waals surface area contributed by atoms with Crippen LogP contribution in [0.25, 0.3) is 11.3 Å². The van der Waals surface area contributed by atoms with Gasteiger partial charge < -0.3 is 14.7 Å². The Labute approximate surface area is 156 Å². The number of rotatable bonds is 10. The van der Waals surface area contributed by atoms with Gasteiger partial charge in [-0.3, -0.25) is 4.68 Å². The zero-order chi connectivity index (χ0) is 19.1. The van der Waals surface area contributed by atoms with Gasteiger partial charge in [0.1, 0.15) is 11.5 Å². The molecule has 2 aromatic rings. The predicted molar refractivity (Wildman–Crippen MR) is 106 cm³/mol. The number of hydrogen-bond acceptors (Lipinski definition) is 4. The van der Waals surface area contributed by atoms with Crippen molar-refractivity contribution in [1.82, 2.24) is 14.7 Å². The van der Waals surface area contributed by atoms with E-state index in [1.807, 2.05) is 44.3 Å². The van der Waals surface area contributed by atoms with E-state index < -0.39 is 0 Å². The largest absolute Gasteiger partial charge is 0.511 e. The Kier molecular flexibility index (Phi) is 7.27. The molecule has 0 unspecified atom stereocenters. The summed E-state index contributed by atoms with van der Waals surface area (Å²) in [6.45, 7) is 12.0. The molecule has 1 aromatic heterocycles. The number of aliphatic hydroxyl groups excluding tert-OH is 1. The molecule has 1 N–H and O–H groups in total. The predicted octanol–water partition coefficient (Wildman–Crippen LogP) is 4.64. The van der Waals surface area contributed by atoms with Gasteiger partial charge in [0.25, 0.3) is 0 Å². The van der Waals surface area contributed by atoms with Gasteiger partial charge in [0, 0.05) is 23.9 Å². The highest BCUT2D eigenvalue weighted by atomic mass is 16.5. The smallest absolute Gasteiger partial charge is 0.119 e. The van der Waals surface area contributed by atoms with Crippen LogP contribution in [0.4, 0.5) is 0 Å². The summed E-state index contributed by atoms with van der Waals surface area (Å²) in [6.07, 6.45) is 4.50. The summed E-state index contributed by atoms with van der Waals surface area (Å²) in [5.74, 6) is 0.958. The van der Waals surface area contributed by atoms with Crippen LogP contribution < -0.4 is 4.74 Å². The third-order valence-electron chi connectivity index (χ3n) is 4.02. The summed E-state index contributed by atoms with van der Waals surface area (Å²) in [6, 6.07) is 8.02. The molecule has 0 amide bonds. The lowest BCUT2D eigenvalue weighted by atomic mass is 10.1. The van der Waals surface area contributed by atoms with Crippen molar-refractivity contribution in [3.63, 3.8) is 0 Å². The van der Waals surface area contributed by atoms with E-state index in [9.17, 15) is 5.11 Å². The van der Waals surface area contributed by atoms with Crippen molar-refractivity contribution in [2.45, 2.75) is 52.8 Å². The number of benzene rings is 1. The molecule has 0 radical (unpaired) electrons. The topological polar surface area (TPSA) is 50.5 Å². The first-order chi connectivity index (χ1) is 12.4. The zero-order valence-electron chi connectivity index (χ0n) is 16.4. The van der Waals surface area contributed by atoms with Crippen molar-refractivity contribution in [2.24, 2.45) is 0 Å². The van der Waals surface area contributed by atoms with E-state index in [0.717, 1.165) is 35.7 Å². The average molecular weight is 357 g/mol. The molecule has 1 aromatic carbocycles. The Hall–Kier alpha value is -2.27. The van der Waals surface area contributed by atoms with Crippen LogP contribution in [0.2, 0.25) is 0 Å². The molecule has 0 spiro atoms. The maximum Gasteiger partial charge on any atom is 0.119 e. The molecule has 2 rings (SSSR count). The number of hydrogen-bond donors (Lipinski definition) is 1. The molecular formula is C21H31N3O2. The number of unbranched alkanes of at least 4 members (excludes halogenated alkanes) is 1. The Morgan fingerprint density at radius 1 is 1.31 bits per heavy atom. The van der Waals surface area contributed by atoms with Gasteiger partial charge in [-0.2, -0.15) is 5.10 Å². The normalized spacial score (nSPS) is 11.3. The molecule has 0 fully saturated rings. The summed E-state index contributed by atoms with van der Waals surface area (Å²) in [5.41, 5.74) is 3.12. The second-order valence-electron chi connectivity index (χ2n) is 7.05. The zero-order valence-corrected chi connectivity index (χ0v) is 16.4. The van der Waals surface area contributed by atoms with Gasteiger partial charge >= 0.3 is 0 Å². The quantitative estimate of drug-likeness (QED) is 0.629. The van der Waals surface area contributed by atoms with Crippen LogP contribution in [-0.2, 0) is 13.1 Å². The van der Waals surface area contributed by atoms with Gasteiger partial charge in [-0.05, 0) is 58.1 Å². The molecule has 0 saturated heterocycles. The number of ether oxygens (including phenoxy) is 1. The number of aliphatic hydroxyl groups is 1. The van der Waals surface area contributed by atoms with Crippen LogP contribution in [0.5, 0.6) is 5.75 Å². The molecule has 0 bridgehead atoms. The van der Waals surface area contributed by atoms with Crippen LogP contribution >= 0.6 is 0 Å². The van der Waals surface area contributed by atoms with E-state index in [0.29, 0.717) is 6.54 Å². The third kappa shape index (κ3) is 5.92. The van der Waals surface area contributed by atoms with Crippen LogP contribution in [0.3, 0.4) is 0 Å². The number of aromatic nitrogens is 2. The van der Waals surface area contributed by atoms with Gasteiger partial charge in [-0.15, -0.1) is 0 Å². The van der Waals surface area contributed by atoms with Gasteiger partial charge in [-0.1, -0.05) is 19.9 Å². The second kappa shape index (κ2) is 9.43. The van der Waals surface area contributed by atoms with Crippen LogP contribution in [-0.4, -0.2) is 39.5 Å². The number of nitrogens with zero attached hydrogens (tertiary/aromatic N) is 3. The van der Waals surface area contributed by atoms with Crippen LogP contribution in [0.15, 0.2) is 42.8 Å². The highest BCUT2D eigenvalue weighted by Gasteiger charge is 2.14. The molecule has 142 valence electrons. The first-order valence-electron chi connectivity index (χ1n) is 9.27. The van der Waals surface area contributed by atoms with E-state index in [1.165, 1.54) is 12.8 Å². The summed E-state index contributed by atoms with van der Waals surface area (Å²) in [5, 5.41) is 14.2. The van der Waals surface area contributed by atoms with Crippen molar-refractivity contribution in [1.29, 1.82) is 0 Å². The molecule has 26 heavy (non-hydrogen) atoms. The first-order valence-corrected chi connectivity index (χ1v) is 9.27. The molecule has 0 aliphatic carbocycles. The first kappa shape index (κ1) is 20.0. The fraction of sp³-hybridized carbons (Fsp3) is 0.476. The van der Waals surface area contributed by atoms with E-state index in [1.54, 1.807) is 4.68 Å². The van der Waals surface area contributed by atoms with Crippen molar-refractivity contribution >= 4 is 0 Å². The molecular weight excluding hydrogens is 326 g/mol. The Morgan fingerprint density at radius 3 is 2.58 bits per heavy atom. The summed E-state index contributed by atoms with van der Waals surface area (Å²) >= 11 is 0. The molecule has 0 aliphatic heterocycles. The van der Waals surface area contributed by atoms with Gasteiger partial charge in [0.2, 0.25) is 0 Å². The average Bonchev–Trinajstić information content (AvgIpc) is 2.94. The molecule has 5 nitrogen and oxygen atoms in total. The minimum Gasteiger partial charge on any atom is -0.511 e. The fourth-order valence-corrected chi connectivity index (χ4v) is 2.85. The van der Waals surface area contributed by atoms with Gasteiger partial charge in [0.05, 0.1) is 18.3 Å². The Bertz CT molecular complexity index is 705. The Morgan fingerprint density at radius 2 is 2.00 bits per heavy atom. The van der Waals surface area contributed by atoms with E-state index in [-0.39, 0.29) is 11.9 Å². The van der Waals surface area contributed by atoms with Gasteiger partial charge in [0.15, 0.2) is 0 Å². The summed E-state index contributed by atoms with van der Waals surface area (Å²) < 4.78 is 7.47. The van der Waals surface area contributed by atoms with Crippen LogP contribution in [0, 0.1) is 0 Å². The fourth-order valence-electron chi connectivity index (χ4n) is 2.85. The summed E-state index contributed by atoms with van der Waals surface area (Å²) in [7, 11) is 2.13. The van der Waals surface area contributed by atoms with E-state index >= 15 is 0 Å². The molecule has 0 saturated carbocycles. The highest BCUT2D eigenvalue weighted by Crippen LogP contribution is 2.26.